The number of aldehydes is 1. The summed E-state index contributed by atoms with van der Waals surface area (Å²) in [6.45, 7) is 4.84. The third-order valence-corrected chi connectivity index (χ3v) is 2.46. The number of carbonyl (C=O) groups is 4. The van der Waals surface area contributed by atoms with Crippen LogP contribution in [-0.4, -0.2) is 84.9 Å². The Morgan fingerprint density at radius 3 is 1.14 bits per heavy atom. The number of hydrogen-bond acceptors (Lipinski definition) is 8. The molecule has 11 nitrogen and oxygen atoms in total. The molecule has 0 aliphatic heterocycles. The Morgan fingerprint density at radius 1 is 0.750 bits per heavy atom. The minimum atomic E-state index is -1.64. The van der Waals surface area contributed by atoms with Gasteiger partial charge in [0.15, 0.2) is 6.29 Å². The molecule has 0 fully saturated rings. The molecule has 0 bridgehead atoms. The van der Waals surface area contributed by atoms with Crippen LogP contribution in [0.5, 0.6) is 0 Å². The largest absolute Gasteiger partial charge is 0.481 e. The van der Waals surface area contributed by atoms with Gasteiger partial charge in [-0.1, -0.05) is 20.8 Å². The molecule has 0 aromatic heterocycles. The van der Waals surface area contributed by atoms with Crippen LogP contribution in [-0.2, 0) is 19.2 Å². The molecular formula is C17H34O11. The van der Waals surface area contributed by atoms with Crippen LogP contribution in [0.2, 0.25) is 0 Å². The summed E-state index contributed by atoms with van der Waals surface area (Å²) in [6, 6.07) is 0. The molecular weight excluding hydrogens is 380 g/mol. The summed E-state index contributed by atoms with van der Waals surface area (Å²) in [5, 5.41) is 57.8. The van der Waals surface area contributed by atoms with Gasteiger partial charge in [-0.3, -0.25) is 14.4 Å². The number of carbonyl (C=O) groups excluding carboxylic acids is 1. The predicted molar refractivity (Wildman–Crippen MR) is 98.8 cm³/mol. The van der Waals surface area contributed by atoms with Gasteiger partial charge in [-0.2, -0.15) is 0 Å². The van der Waals surface area contributed by atoms with E-state index in [1.54, 1.807) is 0 Å². The lowest BCUT2D eigenvalue weighted by Crippen LogP contribution is -2.40. The van der Waals surface area contributed by atoms with Gasteiger partial charge in [0.1, 0.15) is 18.3 Å². The molecule has 0 amide bonds. The molecule has 0 rings (SSSR count). The highest BCUT2D eigenvalue weighted by Crippen LogP contribution is 1.96. The molecule has 0 aliphatic carbocycles. The predicted octanol–water partition coefficient (Wildman–Crippen LogP) is -0.126. The van der Waals surface area contributed by atoms with Gasteiger partial charge in [-0.15, -0.1) is 0 Å². The van der Waals surface area contributed by atoms with Gasteiger partial charge < -0.3 is 40.5 Å². The molecule has 0 aliphatic rings. The Balaban J connectivity index is -0.000000142. The van der Waals surface area contributed by atoms with E-state index < -0.39 is 42.8 Å². The topological polar surface area (TPSA) is 210 Å². The van der Waals surface area contributed by atoms with Gasteiger partial charge in [0.25, 0.3) is 0 Å². The van der Waals surface area contributed by atoms with E-state index in [1.807, 2.05) is 20.8 Å². The van der Waals surface area contributed by atoms with Crippen molar-refractivity contribution in [2.75, 3.05) is 6.61 Å². The quantitative estimate of drug-likeness (QED) is 0.234. The Hall–Kier alpha value is -2.08. The van der Waals surface area contributed by atoms with Crippen LogP contribution in [0, 0.1) is 0 Å². The maximum atomic E-state index is 9.76. The second-order valence-corrected chi connectivity index (χ2v) is 5.30. The van der Waals surface area contributed by atoms with E-state index in [9.17, 15) is 19.2 Å². The molecule has 0 heterocycles. The van der Waals surface area contributed by atoms with Crippen molar-refractivity contribution in [2.45, 2.75) is 77.6 Å². The fourth-order valence-electron chi connectivity index (χ4n) is 1.06. The van der Waals surface area contributed by atoms with Crippen molar-refractivity contribution in [2.24, 2.45) is 0 Å². The first-order valence-corrected chi connectivity index (χ1v) is 8.70. The van der Waals surface area contributed by atoms with E-state index >= 15 is 0 Å². The van der Waals surface area contributed by atoms with Crippen LogP contribution in [0.3, 0.4) is 0 Å². The summed E-state index contributed by atoms with van der Waals surface area (Å²) in [7, 11) is 0. The number of hydrogen-bond donors (Lipinski definition) is 7. The average molecular weight is 414 g/mol. The number of aliphatic carboxylic acids is 3. The summed E-state index contributed by atoms with van der Waals surface area (Å²) in [5.41, 5.74) is 0. The smallest absolute Gasteiger partial charge is 0.303 e. The minimum absolute atomic E-state index is 0.0869. The second kappa shape index (κ2) is 24.9. The summed E-state index contributed by atoms with van der Waals surface area (Å²) < 4.78 is 0. The third-order valence-electron chi connectivity index (χ3n) is 2.46. The highest BCUT2D eigenvalue weighted by Gasteiger charge is 2.22. The second-order valence-electron chi connectivity index (χ2n) is 5.30. The molecule has 11 heteroatoms. The molecule has 28 heavy (non-hydrogen) atoms. The van der Waals surface area contributed by atoms with Gasteiger partial charge in [0, 0.05) is 19.3 Å². The lowest BCUT2D eigenvalue weighted by molar-refractivity contribution is -0.138. The van der Waals surface area contributed by atoms with Crippen LogP contribution < -0.4 is 0 Å². The molecule has 0 radical (unpaired) electrons. The third kappa shape index (κ3) is 35.1. The lowest BCUT2D eigenvalue weighted by Gasteiger charge is -2.16. The van der Waals surface area contributed by atoms with E-state index in [0.29, 0.717) is 19.3 Å². The fourth-order valence-corrected chi connectivity index (χ4v) is 1.06. The van der Waals surface area contributed by atoms with E-state index in [-0.39, 0.29) is 6.29 Å². The van der Waals surface area contributed by atoms with Crippen LogP contribution >= 0.6 is 0 Å². The molecule has 0 saturated carbocycles. The zero-order chi connectivity index (χ0) is 23.1. The Bertz CT molecular complexity index is 361. The van der Waals surface area contributed by atoms with Gasteiger partial charge >= 0.3 is 17.9 Å². The highest BCUT2D eigenvalue weighted by molar-refractivity contribution is 5.67. The zero-order valence-electron chi connectivity index (χ0n) is 16.5. The number of carboxylic acid groups (broad SMARTS) is 3. The first kappa shape index (κ1) is 33.5. The summed E-state index contributed by atoms with van der Waals surface area (Å²) in [5.74, 6) is -2.13. The Labute approximate surface area is 164 Å². The van der Waals surface area contributed by atoms with Crippen molar-refractivity contribution in [3.8, 4) is 0 Å². The van der Waals surface area contributed by atoms with Crippen molar-refractivity contribution in [3.63, 3.8) is 0 Å². The van der Waals surface area contributed by atoms with Crippen molar-refractivity contribution < 1.29 is 54.9 Å². The molecule has 168 valence electrons. The minimum Gasteiger partial charge on any atom is -0.481 e. The monoisotopic (exact) mass is 414 g/mol. The van der Waals surface area contributed by atoms with Crippen LogP contribution in [0.25, 0.3) is 0 Å². The molecule has 3 atom stereocenters. The van der Waals surface area contributed by atoms with Gasteiger partial charge in [-0.05, 0) is 19.3 Å². The molecule has 0 aromatic rings. The SMILES string of the molecule is CCCC(=O)O.CCCC(=O)O.CCCC(=O)O.O=C[C@H](O)[C@@H](O)[C@H](O)CO. The van der Waals surface area contributed by atoms with Gasteiger partial charge in [-0.25, -0.2) is 0 Å². The maximum Gasteiger partial charge on any atom is 0.303 e. The normalized spacial score (nSPS) is 12.2. The standard InChI is InChI=1S/C5H10O5.3C4H8O2/c6-1-3(8)5(10)4(9)2-7;3*1-2-3-4(5)6/h1,3-5,7-10H,2H2;3*2-3H2,1H3,(H,5,6)/t3-,4+,5+;;;/m0.../s1. The highest BCUT2D eigenvalue weighted by atomic mass is 16.4. The first-order valence-electron chi connectivity index (χ1n) is 8.70. The van der Waals surface area contributed by atoms with Gasteiger partial charge in [0.2, 0.25) is 0 Å². The zero-order valence-corrected chi connectivity index (χ0v) is 16.5. The lowest BCUT2D eigenvalue weighted by atomic mass is 10.1. The number of rotatable bonds is 10. The molecule has 0 unspecified atom stereocenters. The van der Waals surface area contributed by atoms with E-state index in [2.05, 4.69) is 0 Å². The first-order chi connectivity index (χ1) is 12.9. The van der Waals surface area contributed by atoms with Crippen LogP contribution in [0.15, 0.2) is 0 Å². The van der Waals surface area contributed by atoms with Crippen LogP contribution in [0.4, 0.5) is 0 Å². The van der Waals surface area contributed by atoms with E-state index in [4.69, 9.17) is 35.7 Å². The number of aliphatic hydroxyl groups excluding tert-OH is 4. The molecule has 0 aromatic carbocycles. The average Bonchev–Trinajstić information content (AvgIpc) is 2.60. The van der Waals surface area contributed by atoms with Crippen molar-refractivity contribution >= 4 is 24.2 Å². The Kier molecular flexibility index (Phi) is 29.8. The molecule has 7 N–H and O–H groups in total. The number of carboxylic acids is 3. The van der Waals surface area contributed by atoms with Crippen molar-refractivity contribution in [1.82, 2.24) is 0 Å². The van der Waals surface area contributed by atoms with E-state index in [0.717, 1.165) is 19.3 Å². The molecule has 0 spiro atoms. The summed E-state index contributed by atoms with van der Waals surface area (Å²) in [6.07, 6.45) is -1.56. The van der Waals surface area contributed by atoms with Gasteiger partial charge in [0.05, 0.1) is 6.61 Å². The van der Waals surface area contributed by atoms with E-state index in [1.165, 1.54) is 0 Å². The number of aliphatic hydroxyl groups is 4. The molecule has 0 saturated heterocycles. The van der Waals surface area contributed by atoms with Crippen LogP contribution in [0.1, 0.15) is 59.3 Å². The fraction of sp³-hybridized carbons (Fsp3) is 0.765. The summed E-state index contributed by atoms with van der Waals surface area (Å²) >= 11 is 0. The summed E-state index contributed by atoms with van der Waals surface area (Å²) in [4.78, 5) is 38.6. The maximum absolute atomic E-state index is 9.76. The van der Waals surface area contributed by atoms with Crippen molar-refractivity contribution in [1.29, 1.82) is 0 Å². The Morgan fingerprint density at radius 2 is 1.04 bits per heavy atom. The van der Waals surface area contributed by atoms with Crippen molar-refractivity contribution in [3.05, 3.63) is 0 Å².